The van der Waals surface area contributed by atoms with Crippen molar-refractivity contribution in [3.05, 3.63) is 83.9 Å². The summed E-state index contributed by atoms with van der Waals surface area (Å²) in [4.78, 5) is 13.4. The van der Waals surface area contributed by atoms with E-state index >= 15 is 0 Å². The van der Waals surface area contributed by atoms with Gasteiger partial charge in [-0.25, -0.2) is 4.79 Å². The molecule has 0 aliphatic rings. The molecule has 0 fully saturated rings. The zero-order chi connectivity index (χ0) is 18.4. The van der Waals surface area contributed by atoms with Gasteiger partial charge in [-0.1, -0.05) is 54.6 Å². The molecule has 0 unspecified atom stereocenters. The standard InChI is InChI=1S/C22H20O3S/c1-24-21-14-19(26-2)12-13-20(21)22(23)25-15-16-8-10-18(11-9-16)17-6-4-3-5-7-17/h3-14H,15H2,1-2H3. The van der Waals surface area contributed by atoms with E-state index in [2.05, 4.69) is 12.1 Å². The predicted octanol–water partition coefficient (Wildman–Crippen LogP) is 5.44. The zero-order valence-corrected chi connectivity index (χ0v) is 15.6. The smallest absolute Gasteiger partial charge is 0.342 e. The van der Waals surface area contributed by atoms with Gasteiger partial charge in [0.25, 0.3) is 0 Å². The van der Waals surface area contributed by atoms with Gasteiger partial charge in [-0.2, -0.15) is 0 Å². The quantitative estimate of drug-likeness (QED) is 0.431. The number of rotatable bonds is 6. The van der Waals surface area contributed by atoms with Gasteiger partial charge in [0, 0.05) is 4.90 Å². The molecule has 26 heavy (non-hydrogen) atoms. The van der Waals surface area contributed by atoms with Crippen molar-refractivity contribution in [2.24, 2.45) is 0 Å². The first kappa shape index (κ1) is 18.1. The first-order chi connectivity index (χ1) is 12.7. The average molecular weight is 364 g/mol. The van der Waals surface area contributed by atoms with Crippen molar-refractivity contribution in [3.8, 4) is 16.9 Å². The maximum Gasteiger partial charge on any atom is 0.342 e. The van der Waals surface area contributed by atoms with Crippen LogP contribution in [-0.2, 0) is 11.3 Å². The molecule has 3 aromatic rings. The minimum atomic E-state index is -0.387. The molecule has 0 aromatic heterocycles. The Morgan fingerprint density at radius 2 is 1.62 bits per heavy atom. The van der Waals surface area contributed by atoms with Crippen LogP contribution >= 0.6 is 11.8 Å². The van der Waals surface area contributed by atoms with Gasteiger partial charge in [0.1, 0.15) is 17.9 Å². The summed E-state index contributed by atoms with van der Waals surface area (Å²) in [6.45, 7) is 0.224. The lowest BCUT2D eigenvalue weighted by Crippen LogP contribution is -2.07. The fourth-order valence-electron chi connectivity index (χ4n) is 2.62. The molecule has 0 radical (unpaired) electrons. The molecule has 4 heteroatoms. The average Bonchev–Trinajstić information content (AvgIpc) is 2.72. The lowest BCUT2D eigenvalue weighted by atomic mass is 10.0. The van der Waals surface area contributed by atoms with Crippen LogP contribution in [0.2, 0.25) is 0 Å². The van der Waals surface area contributed by atoms with Gasteiger partial charge >= 0.3 is 5.97 Å². The summed E-state index contributed by atoms with van der Waals surface area (Å²) in [6.07, 6.45) is 1.98. The molecule has 0 amide bonds. The molecule has 0 aliphatic heterocycles. The number of hydrogen-bond acceptors (Lipinski definition) is 4. The summed E-state index contributed by atoms with van der Waals surface area (Å²) < 4.78 is 10.8. The Hall–Kier alpha value is -2.72. The number of thioether (sulfide) groups is 1. The van der Waals surface area contributed by atoms with Gasteiger partial charge in [0.2, 0.25) is 0 Å². The molecule has 0 saturated carbocycles. The highest BCUT2D eigenvalue weighted by molar-refractivity contribution is 7.98. The third-order valence-corrected chi connectivity index (χ3v) is 4.78. The van der Waals surface area contributed by atoms with Crippen LogP contribution in [0.25, 0.3) is 11.1 Å². The highest BCUT2D eigenvalue weighted by Gasteiger charge is 2.14. The Kier molecular flexibility index (Phi) is 5.97. The van der Waals surface area contributed by atoms with E-state index in [1.807, 2.05) is 60.9 Å². The summed E-state index contributed by atoms with van der Waals surface area (Å²) in [6, 6.07) is 23.7. The molecule has 0 aliphatic carbocycles. The molecule has 0 saturated heterocycles. The van der Waals surface area contributed by atoms with Gasteiger partial charge in [0.05, 0.1) is 7.11 Å². The first-order valence-electron chi connectivity index (χ1n) is 8.25. The van der Waals surface area contributed by atoms with Crippen molar-refractivity contribution in [1.82, 2.24) is 0 Å². The summed E-state index contributed by atoms with van der Waals surface area (Å²) in [5.41, 5.74) is 3.67. The minimum Gasteiger partial charge on any atom is -0.496 e. The first-order valence-corrected chi connectivity index (χ1v) is 9.47. The topological polar surface area (TPSA) is 35.5 Å². The van der Waals surface area contributed by atoms with E-state index in [-0.39, 0.29) is 12.6 Å². The van der Waals surface area contributed by atoms with Crippen LogP contribution < -0.4 is 4.74 Å². The van der Waals surface area contributed by atoms with Gasteiger partial charge in [-0.15, -0.1) is 11.8 Å². The van der Waals surface area contributed by atoms with E-state index in [4.69, 9.17) is 9.47 Å². The Labute approximate surface area is 158 Å². The molecule has 132 valence electrons. The normalized spacial score (nSPS) is 10.4. The Balaban J connectivity index is 1.66. The zero-order valence-electron chi connectivity index (χ0n) is 14.8. The molecule has 0 bridgehead atoms. The maximum absolute atomic E-state index is 12.4. The van der Waals surface area contributed by atoms with E-state index in [9.17, 15) is 4.79 Å². The van der Waals surface area contributed by atoms with Gasteiger partial charge in [0.15, 0.2) is 0 Å². The number of carbonyl (C=O) groups is 1. The number of carbonyl (C=O) groups excluding carboxylic acids is 1. The number of esters is 1. The lowest BCUT2D eigenvalue weighted by molar-refractivity contribution is 0.0469. The van der Waals surface area contributed by atoms with Crippen LogP contribution in [0.5, 0.6) is 5.75 Å². The number of benzene rings is 3. The molecule has 3 rings (SSSR count). The number of ether oxygens (including phenoxy) is 2. The fourth-order valence-corrected chi connectivity index (χ4v) is 3.05. The molecule has 0 atom stereocenters. The molecule has 0 heterocycles. The van der Waals surface area contributed by atoms with Gasteiger partial charge in [-0.05, 0) is 41.1 Å². The van der Waals surface area contributed by atoms with E-state index in [0.717, 1.165) is 21.6 Å². The Morgan fingerprint density at radius 3 is 2.27 bits per heavy atom. The second-order valence-corrected chi connectivity index (χ2v) is 6.58. The molecule has 3 aromatic carbocycles. The minimum absolute atomic E-state index is 0.224. The molecular formula is C22H20O3S. The predicted molar refractivity (Wildman–Crippen MR) is 106 cm³/mol. The number of methoxy groups -OCH3 is 1. The molecule has 0 spiro atoms. The van der Waals surface area contributed by atoms with E-state index in [1.54, 1.807) is 24.9 Å². The fraction of sp³-hybridized carbons (Fsp3) is 0.136. The second kappa shape index (κ2) is 8.59. The highest BCUT2D eigenvalue weighted by atomic mass is 32.2. The van der Waals surface area contributed by atoms with Crippen LogP contribution in [-0.4, -0.2) is 19.3 Å². The third kappa shape index (κ3) is 4.27. The molecular weight excluding hydrogens is 344 g/mol. The highest BCUT2D eigenvalue weighted by Crippen LogP contribution is 2.26. The van der Waals surface area contributed by atoms with Crippen molar-refractivity contribution < 1.29 is 14.3 Å². The summed E-state index contributed by atoms with van der Waals surface area (Å²) in [7, 11) is 1.55. The molecule has 0 N–H and O–H groups in total. The van der Waals surface area contributed by atoms with Crippen molar-refractivity contribution in [1.29, 1.82) is 0 Å². The number of hydrogen-bond donors (Lipinski definition) is 0. The van der Waals surface area contributed by atoms with E-state index < -0.39 is 0 Å². The monoisotopic (exact) mass is 364 g/mol. The second-order valence-electron chi connectivity index (χ2n) is 5.71. The van der Waals surface area contributed by atoms with Crippen LogP contribution in [0.4, 0.5) is 0 Å². The van der Waals surface area contributed by atoms with Crippen molar-refractivity contribution in [3.63, 3.8) is 0 Å². The van der Waals surface area contributed by atoms with Crippen LogP contribution in [0.1, 0.15) is 15.9 Å². The largest absolute Gasteiger partial charge is 0.496 e. The third-order valence-electron chi connectivity index (χ3n) is 4.06. The van der Waals surface area contributed by atoms with Crippen LogP contribution in [0, 0.1) is 0 Å². The van der Waals surface area contributed by atoms with Crippen LogP contribution in [0.15, 0.2) is 77.7 Å². The van der Waals surface area contributed by atoms with Crippen molar-refractivity contribution >= 4 is 17.7 Å². The van der Waals surface area contributed by atoms with Crippen LogP contribution in [0.3, 0.4) is 0 Å². The lowest BCUT2D eigenvalue weighted by Gasteiger charge is -2.10. The Morgan fingerprint density at radius 1 is 0.923 bits per heavy atom. The van der Waals surface area contributed by atoms with E-state index in [1.165, 1.54) is 0 Å². The summed E-state index contributed by atoms with van der Waals surface area (Å²) in [5, 5.41) is 0. The summed E-state index contributed by atoms with van der Waals surface area (Å²) in [5.74, 6) is 0.142. The van der Waals surface area contributed by atoms with Gasteiger partial charge in [-0.3, -0.25) is 0 Å². The summed E-state index contributed by atoms with van der Waals surface area (Å²) >= 11 is 1.60. The SMILES string of the molecule is COc1cc(SC)ccc1C(=O)OCc1ccc(-c2ccccc2)cc1. The maximum atomic E-state index is 12.4. The molecule has 3 nitrogen and oxygen atoms in total. The van der Waals surface area contributed by atoms with Gasteiger partial charge < -0.3 is 9.47 Å². The van der Waals surface area contributed by atoms with E-state index in [0.29, 0.717) is 11.3 Å². The van der Waals surface area contributed by atoms with Crippen molar-refractivity contribution in [2.75, 3.05) is 13.4 Å². The Bertz CT molecular complexity index is 874. The van der Waals surface area contributed by atoms with Crippen molar-refractivity contribution in [2.45, 2.75) is 11.5 Å².